The molecule has 0 amide bonds. The first kappa shape index (κ1) is 15.6. The van der Waals surface area contributed by atoms with Gasteiger partial charge in [-0.2, -0.15) is 0 Å². The van der Waals surface area contributed by atoms with Crippen LogP contribution in [0.2, 0.25) is 0 Å². The van der Waals surface area contributed by atoms with Gasteiger partial charge in [0.2, 0.25) is 0 Å². The molecule has 23 heavy (non-hydrogen) atoms. The van der Waals surface area contributed by atoms with Crippen molar-refractivity contribution in [1.82, 2.24) is 0 Å². The fourth-order valence-electron chi connectivity index (χ4n) is 2.39. The minimum Gasteiger partial charge on any atom is -0.426 e. The molecule has 1 N–H and O–H groups in total. The van der Waals surface area contributed by atoms with E-state index in [0.717, 1.165) is 12.1 Å². The van der Waals surface area contributed by atoms with Crippen LogP contribution in [0.1, 0.15) is 13.3 Å². The van der Waals surface area contributed by atoms with E-state index >= 15 is 0 Å². The van der Waals surface area contributed by atoms with Gasteiger partial charge in [0, 0.05) is 5.69 Å². The second-order valence-corrected chi connectivity index (χ2v) is 7.66. The van der Waals surface area contributed by atoms with Crippen LogP contribution >= 0.6 is 7.52 Å². The maximum atomic E-state index is 13.6. The zero-order chi connectivity index (χ0) is 16.1. The molecule has 0 fully saturated rings. The highest BCUT2D eigenvalue weighted by Gasteiger charge is 2.30. The number of benzene rings is 2. The number of anilines is 1. The van der Waals surface area contributed by atoms with Crippen molar-refractivity contribution in [3.8, 4) is 5.75 Å². The van der Waals surface area contributed by atoms with E-state index in [1.807, 2.05) is 72.8 Å². The molecule has 3 rings (SSSR count). The highest BCUT2D eigenvalue weighted by atomic mass is 31.2. The number of para-hydroxylation sites is 2. The molecule has 3 nitrogen and oxygen atoms in total. The summed E-state index contributed by atoms with van der Waals surface area (Å²) in [6, 6.07) is 18.8. The number of allylic oxidation sites excluding steroid dienone is 4. The van der Waals surface area contributed by atoms with Gasteiger partial charge in [-0.1, -0.05) is 61.5 Å². The molecular formula is C19H20NO2P. The Morgan fingerprint density at radius 1 is 1.04 bits per heavy atom. The fraction of sp³-hybridized carbons (Fsp3) is 0.158. The van der Waals surface area contributed by atoms with Crippen LogP contribution in [-0.2, 0) is 4.57 Å². The van der Waals surface area contributed by atoms with Gasteiger partial charge in [0.05, 0.1) is 5.31 Å². The normalized spacial score (nSPS) is 19.5. The van der Waals surface area contributed by atoms with Crippen LogP contribution in [-0.4, -0.2) is 0 Å². The molecule has 1 aliphatic carbocycles. The van der Waals surface area contributed by atoms with Crippen molar-refractivity contribution in [3.05, 3.63) is 84.2 Å². The Kier molecular flexibility index (Phi) is 4.68. The van der Waals surface area contributed by atoms with Crippen molar-refractivity contribution in [3.63, 3.8) is 0 Å². The van der Waals surface area contributed by atoms with Gasteiger partial charge >= 0.3 is 7.52 Å². The molecular weight excluding hydrogens is 305 g/mol. The standard InChI is InChI=1S/C19H20NO2P/c1-16-12-14-19(15-13-16)23(21,20-17-8-4-2-5-9-17)22-18-10-6-3-7-11-18/h2-12,14-16H,13H2,1H3,(H,20,21). The minimum atomic E-state index is -3.24. The Morgan fingerprint density at radius 2 is 1.70 bits per heavy atom. The molecule has 0 heterocycles. The average molecular weight is 325 g/mol. The molecule has 118 valence electrons. The average Bonchev–Trinajstić information content (AvgIpc) is 2.57. The highest BCUT2D eigenvalue weighted by Crippen LogP contribution is 2.55. The van der Waals surface area contributed by atoms with Crippen molar-refractivity contribution < 1.29 is 9.09 Å². The molecule has 0 radical (unpaired) electrons. The fourth-order valence-corrected chi connectivity index (χ4v) is 4.20. The van der Waals surface area contributed by atoms with Crippen molar-refractivity contribution >= 4 is 13.2 Å². The SMILES string of the molecule is CC1C=CC(P(=O)(Nc2ccccc2)Oc2ccccc2)=CC1. The summed E-state index contributed by atoms with van der Waals surface area (Å²) in [5.74, 6) is 1.05. The van der Waals surface area contributed by atoms with E-state index in [0.29, 0.717) is 17.0 Å². The molecule has 2 unspecified atom stereocenters. The second-order valence-electron chi connectivity index (χ2n) is 5.63. The summed E-state index contributed by atoms with van der Waals surface area (Å²) in [4.78, 5) is 0. The van der Waals surface area contributed by atoms with E-state index in [4.69, 9.17) is 4.52 Å². The Labute approximate surface area is 137 Å². The van der Waals surface area contributed by atoms with Gasteiger partial charge < -0.3 is 9.61 Å². The molecule has 0 aromatic heterocycles. The summed E-state index contributed by atoms with van der Waals surface area (Å²) in [5.41, 5.74) is 0.777. The van der Waals surface area contributed by atoms with Crippen molar-refractivity contribution in [2.75, 3.05) is 5.09 Å². The molecule has 0 bridgehead atoms. The van der Waals surface area contributed by atoms with Crippen molar-refractivity contribution in [2.45, 2.75) is 13.3 Å². The van der Waals surface area contributed by atoms with Gasteiger partial charge in [0.25, 0.3) is 0 Å². The monoisotopic (exact) mass is 325 g/mol. The zero-order valence-electron chi connectivity index (χ0n) is 13.1. The summed E-state index contributed by atoms with van der Waals surface area (Å²) in [6.07, 6.45) is 6.85. The van der Waals surface area contributed by atoms with Crippen LogP contribution in [0, 0.1) is 5.92 Å². The summed E-state index contributed by atoms with van der Waals surface area (Å²) in [6.45, 7) is 2.14. The predicted molar refractivity (Wildman–Crippen MR) is 95.7 cm³/mol. The van der Waals surface area contributed by atoms with Gasteiger partial charge in [-0.05, 0) is 36.6 Å². The van der Waals surface area contributed by atoms with E-state index in [1.165, 1.54) is 0 Å². The maximum Gasteiger partial charge on any atom is 0.371 e. The molecule has 0 aliphatic heterocycles. The lowest BCUT2D eigenvalue weighted by Gasteiger charge is -2.24. The topological polar surface area (TPSA) is 38.3 Å². The van der Waals surface area contributed by atoms with E-state index in [1.54, 1.807) is 0 Å². The quantitative estimate of drug-likeness (QED) is 0.701. The molecule has 0 saturated carbocycles. The molecule has 0 spiro atoms. The van der Waals surface area contributed by atoms with Crippen molar-refractivity contribution in [2.24, 2.45) is 5.92 Å². The third kappa shape index (κ3) is 3.94. The van der Waals surface area contributed by atoms with Gasteiger partial charge in [0.15, 0.2) is 0 Å². The highest BCUT2D eigenvalue weighted by molar-refractivity contribution is 7.65. The molecule has 2 atom stereocenters. The molecule has 2 aromatic carbocycles. The second kappa shape index (κ2) is 6.89. The maximum absolute atomic E-state index is 13.6. The molecule has 1 aliphatic rings. The Hall–Kier alpha value is -2.25. The Bertz CT molecular complexity index is 708. The van der Waals surface area contributed by atoms with Gasteiger partial charge in [-0.3, -0.25) is 0 Å². The molecule has 4 heteroatoms. The summed E-state index contributed by atoms with van der Waals surface area (Å²) < 4.78 is 19.5. The lowest BCUT2D eigenvalue weighted by Crippen LogP contribution is -2.07. The first-order valence-electron chi connectivity index (χ1n) is 7.73. The van der Waals surface area contributed by atoms with E-state index in [9.17, 15) is 4.57 Å². The molecule has 2 aromatic rings. The number of hydrogen-bond acceptors (Lipinski definition) is 2. The lowest BCUT2D eigenvalue weighted by atomic mass is 10.0. The number of nitrogens with one attached hydrogen (secondary N) is 1. The Morgan fingerprint density at radius 3 is 2.30 bits per heavy atom. The van der Waals surface area contributed by atoms with Gasteiger partial charge in [0.1, 0.15) is 5.75 Å². The van der Waals surface area contributed by atoms with E-state index in [-0.39, 0.29) is 0 Å². The van der Waals surface area contributed by atoms with Crippen molar-refractivity contribution in [1.29, 1.82) is 0 Å². The van der Waals surface area contributed by atoms with Crippen LogP contribution in [0.5, 0.6) is 5.75 Å². The summed E-state index contributed by atoms with van der Waals surface area (Å²) >= 11 is 0. The van der Waals surface area contributed by atoms with Crippen LogP contribution in [0.3, 0.4) is 0 Å². The Balaban J connectivity index is 1.92. The van der Waals surface area contributed by atoms with Crippen LogP contribution < -0.4 is 9.61 Å². The predicted octanol–water partition coefficient (Wildman–Crippen LogP) is 5.85. The van der Waals surface area contributed by atoms with Gasteiger partial charge in [-0.15, -0.1) is 0 Å². The van der Waals surface area contributed by atoms with Crippen LogP contribution in [0.25, 0.3) is 0 Å². The van der Waals surface area contributed by atoms with Crippen LogP contribution in [0.15, 0.2) is 84.2 Å². The van der Waals surface area contributed by atoms with Crippen LogP contribution in [0.4, 0.5) is 5.69 Å². The summed E-state index contributed by atoms with van der Waals surface area (Å²) in [5, 5.41) is 3.81. The first-order valence-corrected chi connectivity index (χ1v) is 9.35. The van der Waals surface area contributed by atoms with E-state index in [2.05, 4.69) is 18.1 Å². The summed E-state index contributed by atoms with van der Waals surface area (Å²) in [7, 11) is -3.24. The minimum absolute atomic E-state index is 0.459. The number of rotatable bonds is 5. The first-order chi connectivity index (χ1) is 11.2. The largest absolute Gasteiger partial charge is 0.426 e. The lowest BCUT2D eigenvalue weighted by molar-refractivity contribution is 0.494. The van der Waals surface area contributed by atoms with E-state index < -0.39 is 7.52 Å². The smallest absolute Gasteiger partial charge is 0.371 e. The third-order valence-corrected chi connectivity index (χ3v) is 5.69. The third-order valence-electron chi connectivity index (χ3n) is 3.66. The number of hydrogen-bond donors (Lipinski definition) is 1. The van der Waals surface area contributed by atoms with Gasteiger partial charge in [-0.25, -0.2) is 4.57 Å². The zero-order valence-corrected chi connectivity index (χ0v) is 13.9. The molecule has 0 saturated heterocycles.